The fraction of sp³-hybridized carbons (Fsp3) is 0.611. The van der Waals surface area contributed by atoms with Gasteiger partial charge in [0.05, 0.1) is 30.3 Å². The lowest BCUT2D eigenvalue weighted by Crippen LogP contribution is -2.36. The highest BCUT2D eigenvalue weighted by atomic mass is 16.6. The van der Waals surface area contributed by atoms with Crippen LogP contribution in [0.25, 0.3) is 0 Å². The smallest absolute Gasteiger partial charge is 0.338 e. The van der Waals surface area contributed by atoms with Crippen LogP contribution in [0.2, 0.25) is 0 Å². The van der Waals surface area contributed by atoms with Gasteiger partial charge >= 0.3 is 5.97 Å². The molecule has 0 bridgehead atoms. The average molecular weight is 348 g/mol. The van der Waals surface area contributed by atoms with Crippen molar-refractivity contribution in [1.82, 2.24) is 0 Å². The molecule has 7 heteroatoms. The van der Waals surface area contributed by atoms with E-state index in [1.807, 2.05) is 4.90 Å². The van der Waals surface area contributed by atoms with Crippen LogP contribution in [0.4, 0.5) is 11.4 Å². The van der Waals surface area contributed by atoms with Crippen molar-refractivity contribution in [3.05, 3.63) is 33.9 Å². The van der Waals surface area contributed by atoms with Gasteiger partial charge in [0.2, 0.25) is 0 Å². The summed E-state index contributed by atoms with van der Waals surface area (Å²) in [5.41, 5.74) is 0.700. The molecule has 7 nitrogen and oxygen atoms in total. The summed E-state index contributed by atoms with van der Waals surface area (Å²) in [4.78, 5) is 25.2. The van der Waals surface area contributed by atoms with E-state index in [1.165, 1.54) is 25.3 Å². The van der Waals surface area contributed by atoms with E-state index in [1.54, 1.807) is 12.1 Å². The molecular formula is C18H24N2O5. The molecule has 1 aromatic rings. The summed E-state index contributed by atoms with van der Waals surface area (Å²) < 4.78 is 10.7. The highest BCUT2D eigenvalue weighted by Crippen LogP contribution is 2.30. The lowest BCUT2D eigenvalue weighted by atomic mass is 9.90. The molecule has 0 unspecified atom stereocenters. The third-order valence-electron chi connectivity index (χ3n) is 4.93. The van der Waals surface area contributed by atoms with E-state index in [-0.39, 0.29) is 11.3 Å². The van der Waals surface area contributed by atoms with Crippen LogP contribution in [0.3, 0.4) is 0 Å². The van der Waals surface area contributed by atoms with Crippen LogP contribution in [0, 0.1) is 16.0 Å². The van der Waals surface area contributed by atoms with E-state index in [4.69, 9.17) is 9.47 Å². The molecule has 1 aromatic carbocycles. The summed E-state index contributed by atoms with van der Waals surface area (Å²) in [6.07, 6.45) is 5.79. The van der Waals surface area contributed by atoms with E-state index in [0.29, 0.717) is 44.5 Å². The zero-order valence-corrected chi connectivity index (χ0v) is 14.3. The minimum atomic E-state index is -0.484. The maximum Gasteiger partial charge on any atom is 0.338 e. The summed E-state index contributed by atoms with van der Waals surface area (Å²) >= 11 is 0. The second-order valence-electron chi connectivity index (χ2n) is 6.66. The molecule has 0 N–H and O–H groups in total. The monoisotopic (exact) mass is 348 g/mol. The Morgan fingerprint density at radius 3 is 2.64 bits per heavy atom. The van der Waals surface area contributed by atoms with Gasteiger partial charge in [-0.3, -0.25) is 10.1 Å². The van der Waals surface area contributed by atoms with Crippen LogP contribution in [0.5, 0.6) is 0 Å². The summed E-state index contributed by atoms with van der Waals surface area (Å²) in [6, 6.07) is 4.58. The Kier molecular flexibility index (Phi) is 5.86. The first-order valence-corrected chi connectivity index (χ1v) is 8.93. The molecule has 0 atom stereocenters. The van der Waals surface area contributed by atoms with Crippen molar-refractivity contribution in [2.24, 2.45) is 5.92 Å². The van der Waals surface area contributed by atoms with Gasteiger partial charge in [-0.1, -0.05) is 19.3 Å². The lowest BCUT2D eigenvalue weighted by Gasteiger charge is -2.28. The molecule has 2 fully saturated rings. The molecule has 1 aliphatic heterocycles. The Morgan fingerprint density at radius 2 is 1.96 bits per heavy atom. The normalized spacial score (nSPS) is 18.8. The maximum absolute atomic E-state index is 12.3. The Morgan fingerprint density at radius 1 is 1.24 bits per heavy atom. The van der Waals surface area contributed by atoms with Crippen molar-refractivity contribution >= 4 is 17.3 Å². The first-order valence-electron chi connectivity index (χ1n) is 8.93. The molecule has 0 amide bonds. The minimum Gasteiger partial charge on any atom is -0.462 e. The van der Waals surface area contributed by atoms with E-state index < -0.39 is 10.9 Å². The zero-order valence-electron chi connectivity index (χ0n) is 14.3. The number of hydrogen-bond donors (Lipinski definition) is 0. The largest absolute Gasteiger partial charge is 0.462 e. The Bertz CT molecular complexity index is 622. The molecular weight excluding hydrogens is 324 g/mol. The molecule has 2 aliphatic rings. The molecule has 0 radical (unpaired) electrons. The van der Waals surface area contributed by atoms with Gasteiger partial charge in [-0.05, 0) is 30.9 Å². The molecule has 0 aromatic heterocycles. The Labute approximate surface area is 147 Å². The third-order valence-corrected chi connectivity index (χ3v) is 4.93. The highest BCUT2D eigenvalue weighted by Gasteiger charge is 2.24. The van der Waals surface area contributed by atoms with Crippen molar-refractivity contribution in [1.29, 1.82) is 0 Å². The summed E-state index contributed by atoms with van der Waals surface area (Å²) in [5.74, 6) is -0.0671. The quantitative estimate of drug-likeness (QED) is 0.462. The van der Waals surface area contributed by atoms with Crippen LogP contribution in [0.1, 0.15) is 42.5 Å². The van der Waals surface area contributed by atoms with E-state index in [2.05, 4.69) is 0 Å². The Balaban J connectivity index is 1.69. The predicted octanol–water partition coefficient (Wildman–Crippen LogP) is 3.17. The second kappa shape index (κ2) is 8.29. The van der Waals surface area contributed by atoms with Crippen LogP contribution < -0.4 is 4.90 Å². The van der Waals surface area contributed by atoms with Gasteiger partial charge in [0.25, 0.3) is 5.69 Å². The van der Waals surface area contributed by atoms with Crippen molar-refractivity contribution < 1.29 is 19.2 Å². The van der Waals surface area contributed by atoms with Crippen LogP contribution in [0.15, 0.2) is 18.2 Å². The number of ether oxygens (including phenoxy) is 2. The van der Waals surface area contributed by atoms with Crippen molar-refractivity contribution in [2.45, 2.75) is 32.1 Å². The van der Waals surface area contributed by atoms with E-state index in [9.17, 15) is 14.9 Å². The van der Waals surface area contributed by atoms with E-state index >= 15 is 0 Å². The third kappa shape index (κ3) is 4.48. The van der Waals surface area contributed by atoms with Gasteiger partial charge in [0.15, 0.2) is 0 Å². The first-order chi connectivity index (χ1) is 12.1. The number of esters is 1. The summed E-state index contributed by atoms with van der Waals surface area (Å²) in [6.45, 7) is 2.70. The maximum atomic E-state index is 12.3. The van der Waals surface area contributed by atoms with Gasteiger partial charge in [-0.2, -0.15) is 0 Å². The van der Waals surface area contributed by atoms with Crippen molar-refractivity contribution in [2.75, 3.05) is 37.8 Å². The fourth-order valence-electron chi connectivity index (χ4n) is 3.50. The molecule has 1 saturated heterocycles. The highest BCUT2D eigenvalue weighted by molar-refractivity contribution is 5.91. The molecule has 25 heavy (non-hydrogen) atoms. The number of hydrogen-bond acceptors (Lipinski definition) is 6. The number of nitro groups is 1. The van der Waals surface area contributed by atoms with Crippen molar-refractivity contribution in [3.63, 3.8) is 0 Å². The van der Waals surface area contributed by atoms with Gasteiger partial charge in [-0.15, -0.1) is 0 Å². The summed E-state index contributed by atoms with van der Waals surface area (Å²) in [5, 5.41) is 11.4. The number of nitrogens with zero attached hydrogens (tertiary/aromatic N) is 2. The van der Waals surface area contributed by atoms with Gasteiger partial charge in [0.1, 0.15) is 5.69 Å². The molecule has 3 rings (SSSR count). The van der Waals surface area contributed by atoms with Crippen LogP contribution in [-0.4, -0.2) is 43.8 Å². The van der Waals surface area contributed by atoms with Crippen LogP contribution in [-0.2, 0) is 9.47 Å². The van der Waals surface area contributed by atoms with Crippen LogP contribution >= 0.6 is 0 Å². The van der Waals surface area contributed by atoms with Crippen molar-refractivity contribution in [3.8, 4) is 0 Å². The molecule has 1 saturated carbocycles. The zero-order chi connectivity index (χ0) is 17.6. The van der Waals surface area contributed by atoms with Gasteiger partial charge < -0.3 is 14.4 Å². The number of nitro benzene ring substituents is 1. The predicted molar refractivity (Wildman–Crippen MR) is 93.0 cm³/mol. The number of carbonyl (C=O) groups excluding carboxylic acids is 1. The Hall–Kier alpha value is -2.15. The van der Waals surface area contributed by atoms with E-state index in [0.717, 1.165) is 12.8 Å². The molecule has 0 spiro atoms. The minimum absolute atomic E-state index is 0.0611. The summed E-state index contributed by atoms with van der Waals surface area (Å²) in [7, 11) is 0. The number of rotatable bonds is 5. The number of anilines is 1. The fourth-order valence-corrected chi connectivity index (χ4v) is 3.50. The number of morpholine rings is 1. The standard InChI is InChI=1S/C18H24N2O5/c21-18(25-13-14-4-2-1-3-5-14)15-6-7-16(17(12-15)20(22)23)19-8-10-24-11-9-19/h6-7,12,14H,1-5,8-11,13H2. The van der Waals surface area contributed by atoms with Gasteiger partial charge in [-0.25, -0.2) is 4.79 Å². The topological polar surface area (TPSA) is 81.9 Å². The lowest BCUT2D eigenvalue weighted by molar-refractivity contribution is -0.384. The number of carbonyl (C=O) groups is 1. The molecule has 1 heterocycles. The second-order valence-corrected chi connectivity index (χ2v) is 6.66. The first kappa shape index (κ1) is 17.7. The SMILES string of the molecule is O=C(OCC1CCCCC1)c1ccc(N2CCOCC2)c([N+](=O)[O-])c1. The molecule has 1 aliphatic carbocycles. The van der Waals surface area contributed by atoms with Gasteiger partial charge in [0, 0.05) is 19.2 Å². The number of benzene rings is 1. The molecule has 136 valence electrons. The average Bonchev–Trinajstić information content (AvgIpc) is 2.67.